The van der Waals surface area contributed by atoms with Crippen LogP contribution in [-0.4, -0.2) is 52.9 Å². The number of halogens is 6. The summed E-state index contributed by atoms with van der Waals surface area (Å²) < 4.78 is 38.2. The highest BCUT2D eigenvalue weighted by Gasteiger charge is 2.34. The molecule has 0 bridgehead atoms. The third-order valence-corrected chi connectivity index (χ3v) is 5.43. The number of piperazine rings is 1. The van der Waals surface area contributed by atoms with Gasteiger partial charge in [-0.05, 0) is 18.2 Å². The Labute approximate surface area is 178 Å². The molecule has 2 aromatic rings. The van der Waals surface area contributed by atoms with Crippen LogP contribution in [-0.2, 0) is 4.79 Å². The summed E-state index contributed by atoms with van der Waals surface area (Å²) in [5.41, 5.74) is 0.410. The van der Waals surface area contributed by atoms with Crippen LogP contribution >= 0.6 is 34.8 Å². The molecule has 6 nitrogen and oxygen atoms in total. The van der Waals surface area contributed by atoms with E-state index in [1.165, 1.54) is 17.2 Å². The van der Waals surface area contributed by atoms with Gasteiger partial charge in [0.2, 0.25) is 5.91 Å². The number of hydrogen-bond acceptors (Lipinski definition) is 4. The van der Waals surface area contributed by atoms with Crippen LogP contribution in [0.4, 0.5) is 18.9 Å². The van der Waals surface area contributed by atoms with Crippen molar-refractivity contribution in [3.05, 3.63) is 49.8 Å². The van der Waals surface area contributed by atoms with Gasteiger partial charge in [-0.1, -0.05) is 34.8 Å². The molecular formula is C17H14Cl3F3N4O2. The van der Waals surface area contributed by atoms with Crippen molar-refractivity contribution in [3.63, 3.8) is 0 Å². The minimum Gasteiger partial charge on any atom is -0.367 e. The Kier molecular flexibility index (Phi) is 6.30. The molecule has 1 saturated heterocycles. The number of rotatable bonds is 3. The first kappa shape index (κ1) is 21.7. The highest BCUT2D eigenvalue weighted by Crippen LogP contribution is 2.29. The Morgan fingerprint density at radius 2 is 1.72 bits per heavy atom. The summed E-state index contributed by atoms with van der Waals surface area (Å²) in [6.45, 7) is 0.961. The molecule has 1 aromatic carbocycles. The predicted molar refractivity (Wildman–Crippen MR) is 104 cm³/mol. The van der Waals surface area contributed by atoms with Crippen molar-refractivity contribution in [2.75, 3.05) is 31.1 Å². The first-order chi connectivity index (χ1) is 13.6. The molecule has 0 aliphatic carbocycles. The van der Waals surface area contributed by atoms with Crippen molar-refractivity contribution in [2.45, 2.75) is 12.6 Å². The van der Waals surface area contributed by atoms with Crippen LogP contribution in [0.2, 0.25) is 15.1 Å². The number of amides is 1. The molecule has 1 aliphatic rings. The van der Waals surface area contributed by atoms with E-state index in [1.54, 1.807) is 12.1 Å². The molecule has 0 atom stereocenters. The predicted octanol–water partition coefficient (Wildman–Crippen LogP) is 3.79. The van der Waals surface area contributed by atoms with Crippen molar-refractivity contribution in [3.8, 4) is 5.69 Å². The van der Waals surface area contributed by atoms with E-state index in [9.17, 15) is 22.8 Å². The van der Waals surface area contributed by atoms with Gasteiger partial charge >= 0.3 is 6.18 Å². The smallest absolute Gasteiger partial charge is 0.367 e. The van der Waals surface area contributed by atoms with Gasteiger partial charge in [0.15, 0.2) is 0 Å². The lowest BCUT2D eigenvalue weighted by molar-refractivity contribution is -0.161. The summed E-state index contributed by atoms with van der Waals surface area (Å²) in [6.07, 6.45) is -4.75. The number of benzene rings is 1. The zero-order valence-corrected chi connectivity index (χ0v) is 17.0. The van der Waals surface area contributed by atoms with Gasteiger partial charge in [-0.3, -0.25) is 9.59 Å². The molecular weight excluding hydrogens is 456 g/mol. The van der Waals surface area contributed by atoms with E-state index in [1.807, 2.05) is 4.90 Å². The second-order valence-electron chi connectivity index (χ2n) is 6.32. The van der Waals surface area contributed by atoms with Crippen molar-refractivity contribution in [2.24, 2.45) is 0 Å². The number of carbonyl (C=O) groups is 1. The van der Waals surface area contributed by atoms with Gasteiger partial charge < -0.3 is 9.80 Å². The second-order valence-corrected chi connectivity index (χ2v) is 7.51. The third kappa shape index (κ3) is 4.96. The van der Waals surface area contributed by atoms with Crippen LogP contribution in [0.1, 0.15) is 6.42 Å². The Bertz CT molecular complexity index is 989. The molecule has 0 spiro atoms. The molecule has 0 radical (unpaired) electrons. The molecule has 3 rings (SSSR count). The Morgan fingerprint density at radius 3 is 2.31 bits per heavy atom. The van der Waals surface area contributed by atoms with Gasteiger partial charge in [0.1, 0.15) is 11.4 Å². The third-order valence-electron chi connectivity index (χ3n) is 4.38. The van der Waals surface area contributed by atoms with E-state index in [0.29, 0.717) is 29.5 Å². The number of aromatic nitrogens is 2. The summed E-state index contributed by atoms with van der Waals surface area (Å²) in [4.78, 5) is 27.0. The van der Waals surface area contributed by atoms with Gasteiger partial charge in [0.25, 0.3) is 5.56 Å². The average molecular weight is 470 g/mol. The maximum absolute atomic E-state index is 12.4. The number of alkyl halides is 3. The molecule has 1 aliphatic heterocycles. The van der Waals surface area contributed by atoms with E-state index in [4.69, 9.17) is 34.8 Å². The van der Waals surface area contributed by atoms with Crippen LogP contribution in [0, 0.1) is 0 Å². The van der Waals surface area contributed by atoms with E-state index in [-0.39, 0.29) is 23.1 Å². The largest absolute Gasteiger partial charge is 0.397 e. The SMILES string of the molecule is O=C(CC(F)(F)F)N1CCN(c2ccc(-n3ncc(Cl)c(Cl)c3=O)cc2Cl)CC1. The average Bonchev–Trinajstić information content (AvgIpc) is 2.65. The van der Waals surface area contributed by atoms with E-state index < -0.39 is 24.1 Å². The maximum Gasteiger partial charge on any atom is 0.397 e. The maximum atomic E-state index is 12.4. The second kappa shape index (κ2) is 8.41. The minimum absolute atomic E-state index is 0.0357. The Hall–Kier alpha value is -1.97. The number of hydrogen-bond donors (Lipinski definition) is 0. The first-order valence-corrected chi connectivity index (χ1v) is 9.53. The summed E-state index contributed by atoms with van der Waals surface area (Å²) in [6, 6.07) is 4.80. The van der Waals surface area contributed by atoms with Crippen molar-refractivity contribution in [1.82, 2.24) is 14.7 Å². The van der Waals surface area contributed by atoms with Crippen molar-refractivity contribution >= 4 is 46.4 Å². The highest BCUT2D eigenvalue weighted by atomic mass is 35.5. The lowest BCUT2D eigenvalue weighted by Gasteiger charge is -2.36. The first-order valence-electron chi connectivity index (χ1n) is 8.39. The highest BCUT2D eigenvalue weighted by molar-refractivity contribution is 6.41. The topological polar surface area (TPSA) is 58.4 Å². The normalized spacial score (nSPS) is 15.0. The summed E-state index contributed by atoms with van der Waals surface area (Å²) in [5.74, 6) is -0.941. The number of carbonyl (C=O) groups excluding carboxylic acids is 1. The molecule has 2 heterocycles. The summed E-state index contributed by atoms with van der Waals surface area (Å²) in [5, 5.41) is 4.12. The standard InChI is InChI=1S/C17H14Cl3F3N4O2/c18-11-7-10(27-16(29)15(20)12(19)9-24-27)1-2-13(11)25-3-5-26(6-4-25)14(28)8-17(21,22)23/h1-2,7,9H,3-6,8H2. The molecule has 0 N–H and O–H groups in total. The Morgan fingerprint density at radius 1 is 1.07 bits per heavy atom. The van der Waals surface area contributed by atoms with Gasteiger partial charge in [-0.2, -0.15) is 23.0 Å². The molecule has 1 amide bonds. The molecule has 29 heavy (non-hydrogen) atoms. The van der Waals surface area contributed by atoms with Gasteiger partial charge in [-0.15, -0.1) is 0 Å². The molecule has 12 heteroatoms. The number of nitrogens with zero attached hydrogens (tertiary/aromatic N) is 4. The molecule has 1 aromatic heterocycles. The van der Waals surface area contributed by atoms with Gasteiger partial charge in [-0.25, -0.2) is 0 Å². The molecule has 0 saturated carbocycles. The molecule has 0 unspecified atom stereocenters. The minimum atomic E-state index is -4.52. The zero-order chi connectivity index (χ0) is 21.3. The molecule has 156 valence electrons. The van der Waals surface area contributed by atoms with Crippen molar-refractivity contribution in [1.29, 1.82) is 0 Å². The van der Waals surface area contributed by atoms with Crippen LogP contribution in [0.5, 0.6) is 0 Å². The van der Waals surface area contributed by atoms with E-state index >= 15 is 0 Å². The van der Waals surface area contributed by atoms with Crippen LogP contribution in [0.25, 0.3) is 5.69 Å². The lowest BCUT2D eigenvalue weighted by atomic mass is 10.2. The van der Waals surface area contributed by atoms with Gasteiger partial charge in [0, 0.05) is 26.2 Å². The monoisotopic (exact) mass is 468 g/mol. The van der Waals surface area contributed by atoms with E-state index in [2.05, 4.69) is 5.10 Å². The molecule has 1 fully saturated rings. The fraction of sp³-hybridized carbons (Fsp3) is 0.353. The Balaban J connectivity index is 1.73. The van der Waals surface area contributed by atoms with Crippen molar-refractivity contribution < 1.29 is 18.0 Å². The van der Waals surface area contributed by atoms with Crippen LogP contribution in [0.3, 0.4) is 0 Å². The summed E-state index contributed by atoms with van der Waals surface area (Å²) in [7, 11) is 0. The zero-order valence-electron chi connectivity index (χ0n) is 14.7. The fourth-order valence-electron chi connectivity index (χ4n) is 2.96. The lowest BCUT2D eigenvalue weighted by Crippen LogP contribution is -2.49. The van der Waals surface area contributed by atoms with Gasteiger partial charge in [0.05, 0.1) is 27.6 Å². The van der Waals surface area contributed by atoms with E-state index in [0.717, 1.165) is 4.68 Å². The number of anilines is 1. The quantitative estimate of drug-likeness (QED) is 0.686. The fourth-order valence-corrected chi connectivity index (χ4v) is 3.51. The van der Waals surface area contributed by atoms with Crippen LogP contribution in [0.15, 0.2) is 29.2 Å². The van der Waals surface area contributed by atoms with Crippen LogP contribution < -0.4 is 10.5 Å². The summed E-state index contributed by atoms with van der Waals surface area (Å²) >= 11 is 18.0.